The summed E-state index contributed by atoms with van der Waals surface area (Å²) < 4.78 is 0. The third kappa shape index (κ3) is 2.73. The van der Waals surface area contributed by atoms with Crippen molar-refractivity contribution >= 4 is 11.6 Å². The highest BCUT2D eigenvalue weighted by Crippen LogP contribution is 2.43. The van der Waals surface area contributed by atoms with Crippen LogP contribution in [0.3, 0.4) is 0 Å². The van der Waals surface area contributed by atoms with Crippen molar-refractivity contribution in [2.45, 2.75) is 32.6 Å². The quantitative estimate of drug-likeness (QED) is 0.586. The molecule has 1 heteroatoms. The van der Waals surface area contributed by atoms with E-state index in [2.05, 4.69) is 20.1 Å². The van der Waals surface area contributed by atoms with Crippen molar-refractivity contribution in [3.8, 4) is 0 Å². The van der Waals surface area contributed by atoms with Crippen molar-refractivity contribution in [2.24, 2.45) is 5.41 Å². The lowest BCUT2D eigenvalue weighted by Gasteiger charge is -2.24. The molecule has 72 valence electrons. The highest BCUT2D eigenvalue weighted by molar-refractivity contribution is 6.30. The smallest absolute Gasteiger partial charge is 0.0334 e. The molecule has 0 bridgehead atoms. The Bertz CT molecular complexity index is 242. The lowest BCUT2D eigenvalue weighted by atomic mass is 9.81. The second-order valence-electron chi connectivity index (χ2n) is 4.07. The Morgan fingerprint density at radius 3 is 2.23 bits per heavy atom. The molecule has 1 saturated carbocycles. The van der Waals surface area contributed by atoms with Crippen LogP contribution in [0, 0.1) is 5.41 Å². The van der Waals surface area contributed by atoms with Gasteiger partial charge in [0.15, 0.2) is 0 Å². The summed E-state index contributed by atoms with van der Waals surface area (Å²) in [7, 11) is 0. The predicted molar refractivity (Wildman–Crippen MR) is 59.8 cm³/mol. The summed E-state index contributed by atoms with van der Waals surface area (Å²) in [6.07, 6.45) is 8.99. The largest absolute Gasteiger partial charge is 0.0953 e. The van der Waals surface area contributed by atoms with Crippen LogP contribution in [0.5, 0.6) is 0 Å². The van der Waals surface area contributed by atoms with Crippen LogP contribution in [0.25, 0.3) is 0 Å². The molecule has 0 atom stereocenters. The van der Waals surface area contributed by atoms with E-state index in [0.717, 1.165) is 0 Å². The monoisotopic (exact) mass is 196 g/mol. The molecule has 0 saturated heterocycles. The van der Waals surface area contributed by atoms with Gasteiger partial charge in [0.1, 0.15) is 0 Å². The standard InChI is InChI=1S/C12H17Cl/c1-10(6-7-11(2)13)12(3)8-4-5-9-12/h6-7H,1-2,4-5,8-9H2,3H3. The normalized spacial score (nSPS) is 20.8. The van der Waals surface area contributed by atoms with Gasteiger partial charge in [-0.15, -0.1) is 0 Å². The molecular formula is C12H17Cl. The van der Waals surface area contributed by atoms with E-state index in [1.54, 1.807) is 0 Å². The van der Waals surface area contributed by atoms with Gasteiger partial charge in [-0.05, 0) is 29.9 Å². The number of hydrogen-bond donors (Lipinski definition) is 0. The van der Waals surface area contributed by atoms with Gasteiger partial charge in [0.05, 0.1) is 0 Å². The summed E-state index contributed by atoms with van der Waals surface area (Å²) in [6.45, 7) is 9.99. The molecule has 1 aliphatic rings. The van der Waals surface area contributed by atoms with E-state index in [1.165, 1.54) is 31.3 Å². The average molecular weight is 197 g/mol. The van der Waals surface area contributed by atoms with Crippen LogP contribution in [0.1, 0.15) is 32.6 Å². The van der Waals surface area contributed by atoms with Crippen LogP contribution < -0.4 is 0 Å². The second kappa shape index (κ2) is 4.15. The first kappa shape index (κ1) is 10.6. The van der Waals surface area contributed by atoms with Crippen molar-refractivity contribution in [3.63, 3.8) is 0 Å². The summed E-state index contributed by atoms with van der Waals surface area (Å²) in [5.41, 5.74) is 1.50. The van der Waals surface area contributed by atoms with Crippen molar-refractivity contribution < 1.29 is 0 Å². The van der Waals surface area contributed by atoms with Crippen LogP contribution in [0.15, 0.2) is 35.9 Å². The summed E-state index contributed by atoms with van der Waals surface area (Å²) >= 11 is 5.65. The summed E-state index contributed by atoms with van der Waals surface area (Å²) in [5.74, 6) is 0. The molecule has 0 nitrogen and oxygen atoms in total. The molecule has 0 spiro atoms. The molecule has 0 aromatic carbocycles. The number of halogens is 1. The first-order chi connectivity index (χ1) is 6.04. The topological polar surface area (TPSA) is 0 Å². The van der Waals surface area contributed by atoms with Crippen LogP contribution >= 0.6 is 11.6 Å². The minimum atomic E-state index is 0.308. The van der Waals surface area contributed by atoms with Gasteiger partial charge >= 0.3 is 0 Å². The van der Waals surface area contributed by atoms with Crippen LogP contribution in [-0.4, -0.2) is 0 Å². The molecule has 1 rings (SSSR count). The zero-order valence-electron chi connectivity index (χ0n) is 8.28. The van der Waals surface area contributed by atoms with Gasteiger partial charge < -0.3 is 0 Å². The Kier molecular flexibility index (Phi) is 3.38. The van der Waals surface area contributed by atoms with E-state index in [9.17, 15) is 0 Å². The Hall–Kier alpha value is -0.490. The fourth-order valence-corrected chi connectivity index (χ4v) is 1.93. The van der Waals surface area contributed by atoms with Crippen molar-refractivity contribution in [1.29, 1.82) is 0 Å². The molecule has 13 heavy (non-hydrogen) atoms. The molecule has 1 aliphatic carbocycles. The van der Waals surface area contributed by atoms with E-state index < -0.39 is 0 Å². The lowest BCUT2D eigenvalue weighted by Crippen LogP contribution is -2.11. The van der Waals surface area contributed by atoms with Gasteiger partial charge in [-0.1, -0.05) is 50.6 Å². The lowest BCUT2D eigenvalue weighted by molar-refractivity contribution is 0.426. The average Bonchev–Trinajstić information content (AvgIpc) is 2.49. The summed E-state index contributed by atoms with van der Waals surface area (Å²) in [5, 5.41) is 0.572. The second-order valence-corrected chi connectivity index (χ2v) is 4.56. The van der Waals surface area contributed by atoms with Crippen LogP contribution in [0.2, 0.25) is 0 Å². The van der Waals surface area contributed by atoms with E-state index in [0.29, 0.717) is 10.4 Å². The van der Waals surface area contributed by atoms with Crippen LogP contribution in [0.4, 0.5) is 0 Å². The molecule has 0 N–H and O–H groups in total. The Labute approximate surface area is 86.0 Å². The Morgan fingerprint density at radius 2 is 1.77 bits per heavy atom. The molecule has 0 aromatic rings. The molecular weight excluding hydrogens is 180 g/mol. The fraction of sp³-hybridized carbons (Fsp3) is 0.500. The van der Waals surface area contributed by atoms with Gasteiger partial charge in [0.2, 0.25) is 0 Å². The molecule has 0 heterocycles. The van der Waals surface area contributed by atoms with Crippen LogP contribution in [-0.2, 0) is 0 Å². The van der Waals surface area contributed by atoms with E-state index in [4.69, 9.17) is 11.6 Å². The molecule has 0 radical (unpaired) electrons. The van der Waals surface area contributed by atoms with E-state index >= 15 is 0 Å². The molecule has 0 aliphatic heterocycles. The number of rotatable bonds is 3. The SMILES string of the molecule is C=C(Cl)C=CC(=C)C1(C)CCCC1. The molecule has 0 aromatic heterocycles. The Morgan fingerprint density at radius 1 is 1.23 bits per heavy atom. The van der Waals surface area contributed by atoms with Gasteiger partial charge in [-0.25, -0.2) is 0 Å². The third-order valence-electron chi connectivity index (χ3n) is 2.95. The first-order valence-electron chi connectivity index (χ1n) is 4.76. The third-order valence-corrected chi connectivity index (χ3v) is 3.07. The maximum atomic E-state index is 5.65. The summed E-state index contributed by atoms with van der Waals surface area (Å²) in [6, 6.07) is 0. The molecule has 1 fully saturated rings. The number of allylic oxidation sites excluding steroid dienone is 4. The minimum absolute atomic E-state index is 0.308. The van der Waals surface area contributed by atoms with Gasteiger partial charge in [-0.3, -0.25) is 0 Å². The highest BCUT2D eigenvalue weighted by Gasteiger charge is 2.29. The predicted octanol–water partition coefficient (Wildman–Crippen LogP) is 4.43. The summed E-state index contributed by atoms with van der Waals surface area (Å²) in [4.78, 5) is 0. The van der Waals surface area contributed by atoms with Gasteiger partial charge in [0.25, 0.3) is 0 Å². The van der Waals surface area contributed by atoms with Gasteiger partial charge in [-0.2, -0.15) is 0 Å². The first-order valence-corrected chi connectivity index (χ1v) is 5.14. The van der Waals surface area contributed by atoms with Crippen molar-refractivity contribution in [3.05, 3.63) is 35.9 Å². The zero-order chi connectivity index (χ0) is 9.90. The fourth-order valence-electron chi connectivity index (χ4n) is 1.87. The van der Waals surface area contributed by atoms with E-state index in [-0.39, 0.29) is 0 Å². The highest BCUT2D eigenvalue weighted by atomic mass is 35.5. The molecule has 0 unspecified atom stereocenters. The molecule has 0 amide bonds. The van der Waals surface area contributed by atoms with Crippen molar-refractivity contribution in [2.75, 3.05) is 0 Å². The van der Waals surface area contributed by atoms with E-state index in [1.807, 2.05) is 12.2 Å². The van der Waals surface area contributed by atoms with Crippen molar-refractivity contribution in [1.82, 2.24) is 0 Å². The number of hydrogen-bond acceptors (Lipinski definition) is 0. The zero-order valence-corrected chi connectivity index (χ0v) is 9.03. The van der Waals surface area contributed by atoms with Gasteiger partial charge in [0, 0.05) is 5.03 Å². The Balaban J connectivity index is 2.61. The maximum Gasteiger partial charge on any atom is 0.0334 e. The maximum absolute atomic E-state index is 5.65. The minimum Gasteiger partial charge on any atom is -0.0953 e.